The SMILES string of the molecule is C[C@H](NC(=O)CN1C(=O)Nc2cccc(C(F)(F)F)c2S1(=O)=O)c1ccc(C#N)cc1F. The number of anilines is 1. The van der Waals surface area contributed by atoms with Crippen molar-refractivity contribution in [1.82, 2.24) is 9.62 Å². The fourth-order valence-corrected chi connectivity index (χ4v) is 4.76. The van der Waals surface area contributed by atoms with Crippen molar-refractivity contribution >= 4 is 27.6 Å². The summed E-state index contributed by atoms with van der Waals surface area (Å²) in [5, 5.41) is 13.1. The fourth-order valence-electron chi connectivity index (χ4n) is 3.13. The lowest BCUT2D eigenvalue weighted by atomic mass is 10.1. The van der Waals surface area contributed by atoms with Crippen molar-refractivity contribution in [2.75, 3.05) is 11.9 Å². The number of fused-ring (bicyclic) bond motifs is 1. The molecule has 13 heteroatoms. The first-order valence-electron chi connectivity index (χ1n) is 8.89. The minimum absolute atomic E-state index is 0.0204. The number of benzene rings is 2. The average Bonchev–Trinajstić information content (AvgIpc) is 2.69. The molecule has 1 atom stereocenters. The van der Waals surface area contributed by atoms with Gasteiger partial charge in [-0.3, -0.25) is 4.79 Å². The molecule has 0 saturated heterocycles. The van der Waals surface area contributed by atoms with E-state index in [1.54, 1.807) is 6.07 Å². The summed E-state index contributed by atoms with van der Waals surface area (Å²) in [6, 6.07) is 5.39. The summed E-state index contributed by atoms with van der Waals surface area (Å²) < 4.78 is 79.7. The molecule has 1 aliphatic heterocycles. The van der Waals surface area contributed by atoms with Crippen molar-refractivity contribution in [3.05, 3.63) is 58.9 Å². The van der Waals surface area contributed by atoms with Gasteiger partial charge in [0.25, 0.3) is 10.0 Å². The number of rotatable bonds is 4. The maximum Gasteiger partial charge on any atom is 0.417 e. The number of halogens is 4. The topological polar surface area (TPSA) is 119 Å². The summed E-state index contributed by atoms with van der Waals surface area (Å²) in [5.74, 6) is -1.86. The van der Waals surface area contributed by atoms with Crippen LogP contribution in [0.2, 0.25) is 0 Å². The number of hydrogen-bond donors (Lipinski definition) is 2. The van der Waals surface area contributed by atoms with E-state index in [9.17, 15) is 35.6 Å². The van der Waals surface area contributed by atoms with Crippen LogP contribution in [0.25, 0.3) is 0 Å². The summed E-state index contributed by atoms with van der Waals surface area (Å²) in [6.07, 6.45) is -5.03. The van der Waals surface area contributed by atoms with Gasteiger partial charge >= 0.3 is 12.2 Å². The summed E-state index contributed by atoms with van der Waals surface area (Å²) in [4.78, 5) is 23.4. The highest BCUT2D eigenvalue weighted by atomic mass is 32.2. The number of carbonyl (C=O) groups excluding carboxylic acids is 2. The molecule has 0 bridgehead atoms. The van der Waals surface area contributed by atoms with Crippen LogP contribution in [-0.2, 0) is 21.0 Å². The molecule has 0 aliphatic carbocycles. The molecule has 0 spiro atoms. The van der Waals surface area contributed by atoms with Gasteiger partial charge in [0, 0.05) is 5.56 Å². The molecule has 0 fully saturated rings. The number of nitrogens with zero attached hydrogens (tertiary/aromatic N) is 2. The van der Waals surface area contributed by atoms with Gasteiger partial charge in [-0.05, 0) is 31.2 Å². The largest absolute Gasteiger partial charge is 0.417 e. The summed E-state index contributed by atoms with van der Waals surface area (Å²) in [5.41, 5.74) is -2.03. The Morgan fingerprint density at radius 1 is 1.28 bits per heavy atom. The van der Waals surface area contributed by atoms with E-state index in [0.29, 0.717) is 6.07 Å². The highest BCUT2D eigenvalue weighted by Gasteiger charge is 2.45. The second kappa shape index (κ2) is 8.12. The Kier molecular flexibility index (Phi) is 5.84. The Labute approximate surface area is 179 Å². The molecule has 0 unspecified atom stereocenters. The Hall–Kier alpha value is -3.66. The molecule has 1 heterocycles. The van der Waals surface area contributed by atoms with Gasteiger partial charge in [-0.25, -0.2) is 21.9 Å². The Bertz CT molecular complexity index is 1250. The van der Waals surface area contributed by atoms with E-state index in [2.05, 4.69) is 5.32 Å². The van der Waals surface area contributed by atoms with Gasteiger partial charge in [-0.15, -0.1) is 0 Å². The van der Waals surface area contributed by atoms with Gasteiger partial charge in [-0.1, -0.05) is 12.1 Å². The lowest BCUT2D eigenvalue weighted by Crippen LogP contribution is -2.49. The number of amides is 3. The van der Waals surface area contributed by atoms with Crippen molar-refractivity contribution in [2.24, 2.45) is 0 Å². The zero-order valence-electron chi connectivity index (χ0n) is 16.2. The monoisotopic (exact) mass is 470 g/mol. The molecule has 3 amide bonds. The van der Waals surface area contributed by atoms with Crippen LogP contribution in [0.3, 0.4) is 0 Å². The van der Waals surface area contributed by atoms with E-state index >= 15 is 0 Å². The summed E-state index contributed by atoms with van der Waals surface area (Å²) in [6.45, 7) is 0.228. The normalized spacial score (nSPS) is 15.9. The third-order valence-corrected chi connectivity index (χ3v) is 6.43. The lowest BCUT2D eigenvalue weighted by molar-refractivity contribution is -0.139. The maximum atomic E-state index is 14.1. The molecular formula is C19H14F4N4O4S. The number of alkyl halides is 3. The van der Waals surface area contributed by atoms with Gasteiger partial charge < -0.3 is 10.6 Å². The third kappa shape index (κ3) is 4.22. The molecule has 0 saturated carbocycles. The van der Waals surface area contributed by atoms with Gasteiger partial charge in [0.1, 0.15) is 17.3 Å². The second-order valence-electron chi connectivity index (χ2n) is 6.76. The molecule has 1 aliphatic rings. The van der Waals surface area contributed by atoms with Crippen LogP contribution in [0.15, 0.2) is 41.3 Å². The molecule has 32 heavy (non-hydrogen) atoms. The van der Waals surface area contributed by atoms with Crippen molar-refractivity contribution in [1.29, 1.82) is 5.26 Å². The quantitative estimate of drug-likeness (QED) is 0.666. The molecule has 0 radical (unpaired) electrons. The first-order chi connectivity index (χ1) is 14.9. The molecule has 168 valence electrons. The number of nitriles is 1. The Balaban J connectivity index is 1.86. The zero-order valence-corrected chi connectivity index (χ0v) is 17.0. The highest BCUT2D eigenvalue weighted by Crippen LogP contribution is 2.41. The first-order valence-corrected chi connectivity index (χ1v) is 10.3. The standard InChI is InChI=1S/C19H14F4N4O4S/c1-10(12-6-5-11(8-24)7-14(12)20)25-16(28)9-27-18(29)26-15-4-2-3-13(19(21,22)23)17(15)32(27,30)31/h2-7,10H,9H2,1H3,(H,25,28)(H,26,29)/t10-/m0/s1. The zero-order chi connectivity index (χ0) is 23.8. The maximum absolute atomic E-state index is 14.1. The van der Waals surface area contributed by atoms with Crippen LogP contribution in [0.5, 0.6) is 0 Å². The first kappa shape index (κ1) is 23.0. The van der Waals surface area contributed by atoms with Crippen LogP contribution >= 0.6 is 0 Å². The van der Waals surface area contributed by atoms with E-state index in [0.717, 1.165) is 18.2 Å². The van der Waals surface area contributed by atoms with E-state index in [4.69, 9.17) is 5.26 Å². The molecule has 8 nitrogen and oxygen atoms in total. The highest BCUT2D eigenvalue weighted by molar-refractivity contribution is 7.90. The van der Waals surface area contributed by atoms with Crippen molar-refractivity contribution in [2.45, 2.75) is 24.0 Å². The smallest absolute Gasteiger partial charge is 0.348 e. The lowest BCUT2D eigenvalue weighted by Gasteiger charge is -2.30. The number of nitrogens with one attached hydrogen (secondary N) is 2. The second-order valence-corrected chi connectivity index (χ2v) is 8.56. The molecule has 2 aromatic rings. The van der Waals surface area contributed by atoms with E-state index in [-0.39, 0.29) is 15.4 Å². The predicted octanol–water partition coefficient (Wildman–Crippen LogP) is 3.13. The van der Waals surface area contributed by atoms with Gasteiger partial charge in [0.05, 0.1) is 28.9 Å². The minimum Gasteiger partial charge on any atom is -0.348 e. The van der Waals surface area contributed by atoms with E-state index in [1.807, 2.05) is 5.32 Å². The van der Waals surface area contributed by atoms with Crippen LogP contribution < -0.4 is 10.6 Å². The molecule has 0 aromatic heterocycles. The Morgan fingerprint density at radius 3 is 2.56 bits per heavy atom. The summed E-state index contributed by atoms with van der Waals surface area (Å²) >= 11 is 0. The van der Waals surface area contributed by atoms with Crippen LogP contribution in [0.4, 0.5) is 28.0 Å². The van der Waals surface area contributed by atoms with Gasteiger partial charge in [0.2, 0.25) is 5.91 Å². The third-order valence-electron chi connectivity index (χ3n) is 4.60. The minimum atomic E-state index is -5.03. The number of carbonyl (C=O) groups is 2. The number of sulfonamides is 1. The molecular weight excluding hydrogens is 456 g/mol. The van der Waals surface area contributed by atoms with Crippen molar-refractivity contribution in [3.8, 4) is 6.07 Å². The summed E-state index contributed by atoms with van der Waals surface area (Å²) in [7, 11) is -5.03. The Morgan fingerprint density at radius 2 is 1.97 bits per heavy atom. The average molecular weight is 470 g/mol. The van der Waals surface area contributed by atoms with Crippen LogP contribution in [-0.4, -0.2) is 31.2 Å². The molecule has 2 N–H and O–H groups in total. The number of urea groups is 1. The molecule has 2 aromatic carbocycles. The predicted molar refractivity (Wildman–Crippen MR) is 102 cm³/mol. The van der Waals surface area contributed by atoms with Gasteiger partial charge in [-0.2, -0.15) is 18.4 Å². The van der Waals surface area contributed by atoms with E-state index in [1.165, 1.54) is 19.1 Å². The number of hydrogen-bond acceptors (Lipinski definition) is 5. The van der Waals surface area contributed by atoms with Crippen molar-refractivity contribution in [3.63, 3.8) is 0 Å². The van der Waals surface area contributed by atoms with Crippen molar-refractivity contribution < 1.29 is 35.6 Å². The van der Waals surface area contributed by atoms with Crippen LogP contribution in [0.1, 0.15) is 29.7 Å². The van der Waals surface area contributed by atoms with Crippen LogP contribution in [0, 0.1) is 17.1 Å². The molecule has 3 rings (SSSR count). The fraction of sp³-hybridized carbons (Fsp3) is 0.211. The van der Waals surface area contributed by atoms with Gasteiger partial charge in [0.15, 0.2) is 0 Å². The van der Waals surface area contributed by atoms with E-state index < -0.39 is 62.7 Å².